The number of carbonyl (C=O) groups excluding carboxylic acids is 1. The Hall–Kier alpha value is -2.35. The van der Waals surface area contributed by atoms with Crippen LogP contribution in [0.25, 0.3) is 11.5 Å². The molecule has 3 rings (SSSR count). The summed E-state index contributed by atoms with van der Waals surface area (Å²) in [5.74, 6) is 0.795. The fourth-order valence-corrected chi connectivity index (χ4v) is 2.92. The zero-order valence-corrected chi connectivity index (χ0v) is 13.7. The van der Waals surface area contributed by atoms with Crippen molar-refractivity contribution < 1.29 is 14.1 Å². The normalized spacial score (nSPS) is 18.5. The number of nitrogens with zero attached hydrogens (tertiary/aromatic N) is 5. The lowest BCUT2D eigenvalue weighted by atomic mass is 9.99. The van der Waals surface area contributed by atoms with Crippen LogP contribution in [0, 0.1) is 0 Å². The number of hydrogen-bond acceptors (Lipinski definition) is 8. The zero-order chi connectivity index (χ0) is 16.8. The van der Waals surface area contributed by atoms with E-state index < -0.39 is 0 Å². The van der Waals surface area contributed by atoms with Crippen molar-refractivity contribution in [2.24, 2.45) is 0 Å². The molecule has 0 radical (unpaired) electrons. The number of esters is 1. The highest BCUT2D eigenvalue weighted by Crippen LogP contribution is 2.22. The van der Waals surface area contributed by atoms with E-state index in [4.69, 9.17) is 9.26 Å². The predicted molar refractivity (Wildman–Crippen MR) is 84.6 cm³/mol. The number of aromatic nitrogens is 4. The van der Waals surface area contributed by atoms with Gasteiger partial charge in [0.1, 0.15) is 5.69 Å². The lowest BCUT2D eigenvalue weighted by Gasteiger charge is -2.34. The average Bonchev–Trinajstić information content (AvgIpc) is 3.06. The van der Waals surface area contributed by atoms with Gasteiger partial charge in [-0.2, -0.15) is 4.98 Å². The molecule has 24 heavy (non-hydrogen) atoms. The minimum Gasteiger partial charge on any atom is -0.466 e. The first-order valence-corrected chi connectivity index (χ1v) is 8.25. The fraction of sp³-hybridized carbons (Fsp3) is 0.562. The van der Waals surface area contributed by atoms with Crippen LogP contribution in [0.2, 0.25) is 0 Å². The van der Waals surface area contributed by atoms with Crippen LogP contribution in [-0.2, 0) is 16.1 Å². The molecule has 1 atom stereocenters. The molecule has 8 heteroatoms. The molecule has 1 aliphatic heterocycles. The topological polar surface area (TPSA) is 94.2 Å². The highest BCUT2D eigenvalue weighted by Gasteiger charge is 2.27. The highest BCUT2D eigenvalue weighted by atomic mass is 16.5. The number of ether oxygens (including phenoxy) is 1. The van der Waals surface area contributed by atoms with Crippen molar-refractivity contribution in [2.45, 2.75) is 45.2 Å². The molecule has 3 heterocycles. The summed E-state index contributed by atoms with van der Waals surface area (Å²) in [6.45, 7) is 3.67. The molecule has 0 bridgehead atoms. The van der Waals surface area contributed by atoms with E-state index in [1.165, 1.54) is 0 Å². The minimum atomic E-state index is -0.153. The summed E-state index contributed by atoms with van der Waals surface area (Å²) in [5, 5.41) is 3.96. The average molecular weight is 331 g/mol. The number of rotatable bonds is 6. The van der Waals surface area contributed by atoms with Crippen molar-refractivity contribution in [1.82, 2.24) is 25.0 Å². The van der Waals surface area contributed by atoms with Crippen molar-refractivity contribution in [2.75, 3.05) is 13.2 Å². The molecule has 0 spiro atoms. The smallest absolute Gasteiger partial charge is 0.307 e. The van der Waals surface area contributed by atoms with Gasteiger partial charge < -0.3 is 9.26 Å². The fourth-order valence-electron chi connectivity index (χ4n) is 2.92. The number of carbonyl (C=O) groups is 1. The van der Waals surface area contributed by atoms with Crippen LogP contribution in [0.4, 0.5) is 0 Å². The standard InChI is InChI=1S/C16H21N5O3/c1-2-23-15(22)9-12-5-3-4-8-21(12)11-14-19-16(20-24-14)13-10-17-6-7-18-13/h6-7,10,12H,2-5,8-9,11H2,1H3. The molecule has 1 aliphatic rings. The van der Waals surface area contributed by atoms with Gasteiger partial charge in [-0.3, -0.25) is 14.7 Å². The van der Waals surface area contributed by atoms with E-state index in [0.29, 0.717) is 37.0 Å². The van der Waals surface area contributed by atoms with Gasteiger partial charge in [0, 0.05) is 18.4 Å². The largest absolute Gasteiger partial charge is 0.466 e. The molecular weight excluding hydrogens is 310 g/mol. The number of likely N-dealkylation sites (tertiary alicyclic amines) is 1. The molecule has 8 nitrogen and oxygen atoms in total. The number of piperidine rings is 1. The quantitative estimate of drug-likeness (QED) is 0.740. The van der Waals surface area contributed by atoms with E-state index in [0.717, 1.165) is 25.8 Å². The SMILES string of the molecule is CCOC(=O)CC1CCCCN1Cc1nc(-c2cnccn2)no1. The Kier molecular flexibility index (Phi) is 5.47. The van der Waals surface area contributed by atoms with Gasteiger partial charge in [-0.05, 0) is 26.3 Å². The summed E-state index contributed by atoms with van der Waals surface area (Å²) in [6.07, 6.45) is 8.38. The van der Waals surface area contributed by atoms with Crippen LogP contribution in [0.15, 0.2) is 23.1 Å². The zero-order valence-electron chi connectivity index (χ0n) is 13.7. The molecule has 128 valence electrons. The second-order valence-electron chi connectivity index (χ2n) is 5.73. The summed E-state index contributed by atoms with van der Waals surface area (Å²) in [7, 11) is 0. The summed E-state index contributed by atoms with van der Waals surface area (Å²) in [6, 6.07) is 0.157. The van der Waals surface area contributed by atoms with E-state index >= 15 is 0 Å². The van der Waals surface area contributed by atoms with Crippen molar-refractivity contribution in [3.8, 4) is 11.5 Å². The maximum absolute atomic E-state index is 11.8. The molecule has 2 aromatic rings. The van der Waals surface area contributed by atoms with E-state index in [1.807, 2.05) is 6.92 Å². The van der Waals surface area contributed by atoms with Crippen molar-refractivity contribution >= 4 is 5.97 Å². The first-order valence-electron chi connectivity index (χ1n) is 8.25. The maximum atomic E-state index is 11.8. The summed E-state index contributed by atoms with van der Waals surface area (Å²) in [5.41, 5.74) is 0.578. The van der Waals surface area contributed by atoms with Crippen LogP contribution in [0.1, 0.15) is 38.5 Å². The van der Waals surface area contributed by atoms with E-state index in [1.54, 1.807) is 18.6 Å². The Labute approximate surface area is 140 Å². The van der Waals surface area contributed by atoms with Gasteiger partial charge in [-0.25, -0.2) is 4.98 Å². The van der Waals surface area contributed by atoms with E-state index in [9.17, 15) is 4.79 Å². The Morgan fingerprint density at radius 1 is 1.42 bits per heavy atom. The van der Waals surface area contributed by atoms with Gasteiger partial charge in [0.2, 0.25) is 11.7 Å². The van der Waals surface area contributed by atoms with E-state index in [2.05, 4.69) is 25.0 Å². The summed E-state index contributed by atoms with van der Waals surface area (Å²) < 4.78 is 10.4. The van der Waals surface area contributed by atoms with Gasteiger partial charge in [0.05, 0.1) is 25.8 Å². The van der Waals surface area contributed by atoms with Crippen molar-refractivity contribution in [3.63, 3.8) is 0 Å². The van der Waals surface area contributed by atoms with Gasteiger partial charge in [0.15, 0.2) is 0 Å². The van der Waals surface area contributed by atoms with Gasteiger partial charge >= 0.3 is 5.97 Å². The third-order valence-corrected chi connectivity index (χ3v) is 4.06. The summed E-state index contributed by atoms with van der Waals surface area (Å²) >= 11 is 0. The lowest BCUT2D eigenvalue weighted by Crippen LogP contribution is -2.40. The summed E-state index contributed by atoms with van der Waals surface area (Å²) in [4.78, 5) is 26.5. The minimum absolute atomic E-state index is 0.153. The second kappa shape index (κ2) is 7.96. The molecule has 0 saturated carbocycles. The Balaban J connectivity index is 1.65. The molecule has 1 fully saturated rings. The van der Waals surface area contributed by atoms with Crippen LogP contribution in [-0.4, -0.2) is 50.2 Å². The first kappa shape index (κ1) is 16.5. The maximum Gasteiger partial charge on any atom is 0.307 e. The third kappa shape index (κ3) is 4.14. The van der Waals surface area contributed by atoms with Crippen molar-refractivity contribution in [3.05, 3.63) is 24.5 Å². The number of hydrogen-bond donors (Lipinski definition) is 0. The molecule has 1 unspecified atom stereocenters. The van der Waals surface area contributed by atoms with Gasteiger partial charge in [0.25, 0.3) is 0 Å². The van der Waals surface area contributed by atoms with Gasteiger partial charge in [-0.15, -0.1) is 0 Å². The highest BCUT2D eigenvalue weighted by molar-refractivity contribution is 5.70. The van der Waals surface area contributed by atoms with Crippen LogP contribution in [0.3, 0.4) is 0 Å². The first-order chi connectivity index (χ1) is 11.8. The molecule has 0 aliphatic carbocycles. The van der Waals surface area contributed by atoms with Crippen LogP contribution < -0.4 is 0 Å². The Morgan fingerprint density at radius 3 is 3.12 bits per heavy atom. The molecular formula is C16H21N5O3. The molecule has 0 amide bonds. The van der Waals surface area contributed by atoms with Crippen molar-refractivity contribution in [1.29, 1.82) is 0 Å². The Bertz CT molecular complexity index is 661. The van der Waals surface area contributed by atoms with Crippen LogP contribution in [0.5, 0.6) is 0 Å². The monoisotopic (exact) mass is 331 g/mol. The van der Waals surface area contributed by atoms with Crippen LogP contribution >= 0.6 is 0 Å². The molecule has 2 aromatic heterocycles. The molecule has 0 N–H and O–H groups in total. The van der Waals surface area contributed by atoms with Gasteiger partial charge in [-0.1, -0.05) is 11.6 Å². The lowest BCUT2D eigenvalue weighted by molar-refractivity contribution is -0.145. The predicted octanol–water partition coefficient (Wildman–Crippen LogP) is 1.83. The second-order valence-corrected chi connectivity index (χ2v) is 5.73. The molecule has 0 aromatic carbocycles. The third-order valence-electron chi connectivity index (χ3n) is 4.06. The molecule has 1 saturated heterocycles. The Morgan fingerprint density at radius 2 is 2.33 bits per heavy atom. The van der Waals surface area contributed by atoms with E-state index in [-0.39, 0.29) is 12.0 Å².